The normalized spacial score (nSPS) is 15.1. The summed E-state index contributed by atoms with van der Waals surface area (Å²) in [5.41, 5.74) is 3.38. The molecule has 4 rings (SSSR count). The first-order chi connectivity index (χ1) is 17.9. The average Bonchev–Trinajstić information content (AvgIpc) is 3.26. The molecule has 9 nitrogen and oxygen atoms in total. The number of fused-ring (bicyclic) bond motifs is 3. The van der Waals surface area contributed by atoms with Gasteiger partial charge in [0.25, 0.3) is 11.5 Å². The Balaban J connectivity index is 0.00000195. The summed E-state index contributed by atoms with van der Waals surface area (Å²) in [6, 6.07) is 6.77. The van der Waals surface area contributed by atoms with Gasteiger partial charge in [0.05, 0.1) is 24.1 Å². The van der Waals surface area contributed by atoms with Crippen LogP contribution >= 0.6 is 0 Å². The van der Waals surface area contributed by atoms with Gasteiger partial charge in [-0.25, -0.2) is 9.31 Å². The van der Waals surface area contributed by atoms with Gasteiger partial charge in [-0.2, -0.15) is 5.10 Å². The Labute approximate surface area is 224 Å². The maximum absolute atomic E-state index is 14.0. The van der Waals surface area contributed by atoms with Gasteiger partial charge in [0.15, 0.2) is 0 Å². The molecule has 0 saturated heterocycles. The lowest BCUT2D eigenvalue weighted by Gasteiger charge is -2.36. The fourth-order valence-electron chi connectivity index (χ4n) is 4.68. The molecule has 206 valence electrons. The predicted octanol–water partition coefficient (Wildman–Crippen LogP) is 4.75. The molecule has 0 radical (unpaired) electrons. The first-order valence-electron chi connectivity index (χ1n) is 13.4. The van der Waals surface area contributed by atoms with E-state index in [1.165, 1.54) is 0 Å². The standard InChI is InChI=1S/C27H35N5O4.C2H6/c1-16(2)12-19-14-29-32-22-15-30(26(35)36-27(4,5)6)17(3)13-21(22)25(34)31(24(19)32)20-10-8-18(9-11-20)23(33)28-7;1-2/h8-11,14,16-17H,12-13,15H2,1-7H3,(H,28,33);1-2H3. The first-order valence-corrected chi connectivity index (χ1v) is 13.4. The smallest absolute Gasteiger partial charge is 0.410 e. The minimum atomic E-state index is -0.618. The number of carbonyl (C=O) groups excluding carboxylic acids is 2. The summed E-state index contributed by atoms with van der Waals surface area (Å²) in [5, 5.41) is 7.30. The second-order valence-electron chi connectivity index (χ2n) is 10.9. The van der Waals surface area contributed by atoms with Crippen molar-refractivity contribution in [3.8, 4) is 5.69 Å². The van der Waals surface area contributed by atoms with E-state index in [9.17, 15) is 14.4 Å². The van der Waals surface area contributed by atoms with Gasteiger partial charge in [0, 0.05) is 36.2 Å². The lowest BCUT2D eigenvalue weighted by Crippen LogP contribution is -2.48. The molecular weight excluding hydrogens is 482 g/mol. The van der Waals surface area contributed by atoms with Crippen LogP contribution in [0, 0.1) is 5.92 Å². The van der Waals surface area contributed by atoms with Gasteiger partial charge in [0.1, 0.15) is 11.2 Å². The van der Waals surface area contributed by atoms with Crippen molar-refractivity contribution in [1.82, 2.24) is 24.4 Å². The molecule has 3 heterocycles. The van der Waals surface area contributed by atoms with Crippen molar-refractivity contribution in [2.75, 3.05) is 7.05 Å². The van der Waals surface area contributed by atoms with E-state index in [0.29, 0.717) is 40.5 Å². The average molecular weight is 524 g/mol. The predicted molar refractivity (Wildman–Crippen MR) is 149 cm³/mol. The lowest BCUT2D eigenvalue weighted by molar-refractivity contribution is 0.0131. The Morgan fingerprint density at radius 1 is 1.16 bits per heavy atom. The zero-order valence-corrected chi connectivity index (χ0v) is 24.1. The molecule has 1 unspecified atom stereocenters. The minimum absolute atomic E-state index is 0.133. The van der Waals surface area contributed by atoms with Crippen LogP contribution in [-0.2, 0) is 24.1 Å². The molecular formula is C29H41N5O4. The molecule has 1 aliphatic rings. The summed E-state index contributed by atoms with van der Waals surface area (Å²) in [4.78, 5) is 40.7. The molecule has 1 aliphatic heterocycles. The van der Waals surface area contributed by atoms with Crippen molar-refractivity contribution in [2.24, 2.45) is 5.92 Å². The number of amides is 2. The molecule has 1 atom stereocenters. The Morgan fingerprint density at radius 2 is 1.79 bits per heavy atom. The number of nitrogens with zero attached hydrogens (tertiary/aromatic N) is 4. The van der Waals surface area contributed by atoms with Crippen LogP contribution in [0.15, 0.2) is 35.3 Å². The Hall–Kier alpha value is -3.62. The largest absolute Gasteiger partial charge is 0.444 e. The van der Waals surface area contributed by atoms with E-state index in [1.807, 2.05) is 41.5 Å². The van der Waals surface area contributed by atoms with Gasteiger partial charge in [-0.3, -0.25) is 19.1 Å². The van der Waals surface area contributed by atoms with Gasteiger partial charge in [0.2, 0.25) is 0 Å². The number of hydrogen-bond donors (Lipinski definition) is 1. The third-order valence-electron chi connectivity index (χ3n) is 6.32. The van der Waals surface area contributed by atoms with Crippen molar-refractivity contribution < 1.29 is 14.3 Å². The fourth-order valence-corrected chi connectivity index (χ4v) is 4.68. The molecule has 38 heavy (non-hydrogen) atoms. The minimum Gasteiger partial charge on any atom is -0.444 e. The molecule has 1 aromatic carbocycles. The van der Waals surface area contributed by atoms with Crippen LogP contribution in [0.3, 0.4) is 0 Å². The highest BCUT2D eigenvalue weighted by Crippen LogP contribution is 2.27. The number of aromatic nitrogens is 3. The highest BCUT2D eigenvalue weighted by Gasteiger charge is 2.34. The number of rotatable bonds is 4. The van der Waals surface area contributed by atoms with E-state index in [0.717, 1.165) is 12.0 Å². The van der Waals surface area contributed by atoms with Crippen molar-refractivity contribution in [3.63, 3.8) is 0 Å². The molecule has 1 N–H and O–H groups in total. The van der Waals surface area contributed by atoms with E-state index in [4.69, 9.17) is 4.74 Å². The number of ether oxygens (including phenoxy) is 1. The van der Waals surface area contributed by atoms with Crippen LogP contribution < -0.4 is 10.9 Å². The quantitative estimate of drug-likeness (QED) is 0.532. The number of carbonyl (C=O) groups is 2. The molecule has 2 aromatic heterocycles. The van der Waals surface area contributed by atoms with Gasteiger partial charge in [-0.05, 0) is 64.3 Å². The molecule has 0 spiro atoms. The fraction of sp³-hybridized carbons (Fsp3) is 0.517. The van der Waals surface area contributed by atoms with E-state index in [-0.39, 0.29) is 24.1 Å². The van der Waals surface area contributed by atoms with Crippen LogP contribution in [0.4, 0.5) is 4.79 Å². The molecule has 0 saturated carbocycles. The summed E-state index contributed by atoms with van der Waals surface area (Å²) < 4.78 is 9.12. The van der Waals surface area contributed by atoms with Gasteiger partial charge >= 0.3 is 6.09 Å². The molecule has 0 fully saturated rings. The topological polar surface area (TPSA) is 97.9 Å². The van der Waals surface area contributed by atoms with Gasteiger partial charge in [-0.15, -0.1) is 0 Å². The second-order valence-corrected chi connectivity index (χ2v) is 10.9. The number of nitrogens with one attached hydrogen (secondary N) is 1. The monoisotopic (exact) mass is 523 g/mol. The molecule has 0 aliphatic carbocycles. The highest BCUT2D eigenvalue weighted by molar-refractivity contribution is 5.94. The zero-order chi connectivity index (χ0) is 28.4. The van der Waals surface area contributed by atoms with Crippen LogP contribution in [0.5, 0.6) is 0 Å². The van der Waals surface area contributed by atoms with E-state index in [2.05, 4.69) is 24.3 Å². The van der Waals surface area contributed by atoms with Crippen molar-refractivity contribution in [3.05, 3.63) is 63.2 Å². The van der Waals surface area contributed by atoms with Crippen LogP contribution in [0.1, 0.15) is 82.6 Å². The van der Waals surface area contributed by atoms with Crippen LogP contribution in [0.25, 0.3) is 11.3 Å². The summed E-state index contributed by atoms with van der Waals surface area (Å²) in [5.74, 6) is 0.164. The Morgan fingerprint density at radius 3 is 2.34 bits per heavy atom. The summed E-state index contributed by atoms with van der Waals surface area (Å²) in [7, 11) is 1.58. The van der Waals surface area contributed by atoms with E-state index >= 15 is 0 Å². The van der Waals surface area contributed by atoms with Crippen molar-refractivity contribution in [1.29, 1.82) is 0 Å². The molecule has 0 bridgehead atoms. The van der Waals surface area contributed by atoms with Crippen molar-refractivity contribution in [2.45, 2.75) is 86.4 Å². The van der Waals surface area contributed by atoms with Crippen LogP contribution in [-0.4, -0.2) is 49.8 Å². The second kappa shape index (κ2) is 11.4. The lowest BCUT2D eigenvalue weighted by atomic mass is 9.99. The highest BCUT2D eigenvalue weighted by atomic mass is 16.6. The number of hydrogen-bond acceptors (Lipinski definition) is 5. The van der Waals surface area contributed by atoms with Gasteiger partial charge < -0.3 is 10.1 Å². The molecule has 2 amide bonds. The summed E-state index contributed by atoms with van der Waals surface area (Å²) in [6.45, 7) is 15.9. The number of benzene rings is 1. The van der Waals surface area contributed by atoms with Gasteiger partial charge in [-0.1, -0.05) is 27.7 Å². The maximum atomic E-state index is 14.0. The first kappa shape index (κ1) is 28.9. The van der Waals surface area contributed by atoms with Crippen LogP contribution in [0.2, 0.25) is 0 Å². The Bertz CT molecular complexity index is 1360. The summed E-state index contributed by atoms with van der Waals surface area (Å²) in [6.07, 6.45) is 2.53. The van der Waals surface area contributed by atoms with Crippen molar-refractivity contribution >= 4 is 17.6 Å². The summed E-state index contributed by atoms with van der Waals surface area (Å²) >= 11 is 0. The van der Waals surface area contributed by atoms with E-state index < -0.39 is 11.7 Å². The Kier molecular flexibility index (Phi) is 8.69. The zero-order valence-electron chi connectivity index (χ0n) is 24.1. The third kappa shape index (κ3) is 5.76. The maximum Gasteiger partial charge on any atom is 0.410 e. The SMILES string of the molecule is CC.CNC(=O)c1ccc(-n2c(=O)c3c(n4ncc(CC(C)C)c24)CN(C(=O)OC(C)(C)C)C(C)C3)cc1. The van der Waals surface area contributed by atoms with E-state index in [1.54, 1.807) is 51.5 Å². The molecule has 3 aromatic rings. The molecule has 9 heteroatoms. The third-order valence-corrected chi connectivity index (χ3v) is 6.32.